The first-order chi connectivity index (χ1) is 17.7. The van der Waals surface area contributed by atoms with Gasteiger partial charge in [-0.3, -0.25) is 0 Å². The largest absolute Gasteiger partial charge is 0.390 e. The van der Waals surface area contributed by atoms with E-state index in [-0.39, 0.29) is 42.5 Å². The van der Waals surface area contributed by atoms with Crippen LogP contribution in [0.1, 0.15) is 50.2 Å². The first kappa shape index (κ1) is 25.8. The van der Waals surface area contributed by atoms with Crippen LogP contribution in [0, 0.1) is 5.92 Å². The van der Waals surface area contributed by atoms with Crippen molar-refractivity contribution < 1.29 is 28.8 Å². The topological polar surface area (TPSA) is 66.4 Å². The van der Waals surface area contributed by atoms with Gasteiger partial charge >= 0.3 is 0 Å². The predicted molar refractivity (Wildman–Crippen MR) is 136 cm³/mol. The Morgan fingerprint density at radius 1 is 0.806 bits per heavy atom. The van der Waals surface area contributed by atoms with Crippen LogP contribution in [0.25, 0.3) is 0 Å². The van der Waals surface area contributed by atoms with Gasteiger partial charge in [-0.15, -0.1) is 0 Å². The second-order valence-electron chi connectivity index (χ2n) is 10.4. The summed E-state index contributed by atoms with van der Waals surface area (Å²) in [6.45, 7) is 4.52. The summed E-state index contributed by atoms with van der Waals surface area (Å²) in [5.74, 6) is -0.140. The molecule has 0 saturated carbocycles. The minimum absolute atomic E-state index is 0.0168. The molecule has 3 aliphatic heterocycles. The molecule has 3 saturated heterocycles. The Hall–Kier alpha value is -1.80. The van der Waals surface area contributed by atoms with Gasteiger partial charge in [-0.05, 0) is 36.8 Å². The molecular weight excluding hydrogens is 456 g/mol. The summed E-state index contributed by atoms with van der Waals surface area (Å²) in [7, 11) is 0. The summed E-state index contributed by atoms with van der Waals surface area (Å²) in [5.41, 5.74) is 2.27. The summed E-state index contributed by atoms with van der Waals surface area (Å²) in [6.07, 6.45) is 2.69. The Balaban J connectivity index is 1.27. The molecule has 0 aromatic heterocycles. The quantitative estimate of drug-likeness (QED) is 0.573. The Kier molecular flexibility index (Phi) is 9.07. The maximum Gasteiger partial charge on any atom is 0.110 e. The normalized spacial score (nSPS) is 35.1. The molecule has 0 spiro atoms. The maximum absolute atomic E-state index is 11.5. The highest BCUT2D eigenvalue weighted by molar-refractivity contribution is 5.14. The van der Waals surface area contributed by atoms with E-state index in [9.17, 15) is 5.11 Å². The first-order valence-electron chi connectivity index (χ1n) is 13.6. The molecule has 8 atom stereocenters. The Morgan fingerprint density at radius 3 is 2.17 bits per heavy atom. The standard InChI is InChI=1S/C30H40O6/c1-21-28(31)27(18-26-24(14-8-16-32-26)34-19-22-10-4-2-5-11-22)36-25-15-9-17-33-30(25)29(21)35-20-23-12-6-3-7-13-23/h2-7,10-13,21,24-31H,8-9,14-20H2,1H3/t21-,24+,25-,26-,27+,28-,29+,30-/m0/s1. The molecule has 3 fully saturated rings. The molecular formula is C30H40O6. The van der Waals surface area contributed by atoms with Crippen LogP contribution >= 0.6 is 0 Å². The highest BCUT2D eigenvalue weighted by Gasteiger charge is 2.47. The van der Waals surface area contributed by atoms with Crippen LogP contribution in [0.5, 0.6) is 0 Å². The van der Waals surface area contributed by atoms with E-state index in [1.165, 1.54) is 0 Å². The lowest BCUT2D eigenvalue weighted by Gasteiger charge is -2.37. The number of aliphatic hydroxyl groups excluding tert-OH is 1. The third-order valence-corrected chi connectivity index (χ3v) is 7.86. The fourth-order valence-corrected chi connectivity index (χ4v) is 5.80. The molecule has 0 radical (unpaired) electrons. The smallest absolute Gasteiger partial charge is 0.110 e. The fourth-order valence-electron chi connectivity index (χ4n) is 5.80. The monoisotopic (exact) mass is 496 g/mol. The van der Waals surface area contributed by atoms with Crippen molar-refractivity contribution in [2.45, 2.75) is 95.0 Å². The predicted octanol–water partition coefficient (Wildman–Crippen LogP) is 4.67. The number of hydrogen-bond acceptors (Lipinski definition) is 6. The van der Waals surface area contributed by atoms with Gasteiger partial charge in [0, 0.05) is 25.6 Å². The third kappa shape index (κ3) is 6.36. The third-order valence-electron chi connectivity index (χ3n) is 7.86. The number of aliphatic hydroxyl groups is 1. The Bertz CT molecular complexity index is 908. The molecule has 196 valence electrons. The lowest BCUT2D eigenvalue weighted by molar-refractivity contribution is -0.178. The fraction of sp³-hybridized carbons (Fsp3) is 0.600. The highest BCUT2D eigenvalue weighted by atomic mass is 16.6. The molecule has 6 heteroatoms. The van der Waals surface area contributed by atoms with Gasteiger partial charge < -0.3 is 28.8 Å². The Labute approximate surface area is 214 Å². The molecule has 3 aliphatic rings. The summed E-state index contributed by atoms with van der Waals surface area (Å²) < 4.78 is 31.8. The van der Waals surface area contributed by atoms with E-state index in [0.717, 1.165) is 36.8 Å². The first-order valence-corrected chi connectivity index (χ1v) is 13.6. The van der Waals surface area contributed by atoms with Crippen LogP contribution in [-0.2, 0) is 36.9 Å². The summed E-state index contributed by atoms with van der Waals surface area (Å²) >= 11 is 0. The number of rotatable bonds is 8. The van der Waals surface area contributed by atoms with Crippen LogP contribution in [0.2, 0.25) is 0 Å². The van der Waals surface area contributed by atoms with Gasteiger partial charge in [-0.2, -0.15) is 0 Å². The highest BCUT2D eigenvalue weighted by Crippen LogP contribution is 2.36. The maximum atomic E-state index is 11.5. The SMILES string of the molecule is C[C@H]1[C@H](O)[C@@H](C[C@@H]2OCCC[C@H]2OCc2ccccc2)O[C@H]2CCCO[C@@H]2[C@@H]1OCc1ccccc1. The summed E-state index contributed by atoms with van der Waals surface area (Å²) in [4.78, 5) is 0. The van der Waals surface area contributed by atoms with Crippen LogP contribution in [0.15, 0.2) is 60.7 Å². The minimum Gasteiger partial charge on any atom is -0.390 e. The van der Waals surface area contributed by atoms with Gasteiger partial charge in [0.05, 0.1) is 49.8 Å². The van der Waals surface area contributed by atoms with Crippen molar-refractivity contribution in [2.24, 2.45) is 5.92 Å². The lowest BCUT2D eigenvalue weighted by atomic mass is 9.87. The van der Waals surface area contributed by atoms with Crippen LogP contribution in [0.4, 0.5) is 0 Å². The van der Waals surface area contributed by atoms with E-state index in [4.69, 9.17) is 23.7 Å². The van der Waals surface area contributed by atoms with E-state index in [1.54, 1.807) is 0 Å². The van der Waals surface area contributed by atoms with Gasteiger partial charge in [0.2, 0.25) is 0 Å². The zero-order chi connectivity index (χ0) is 24.7. The van der Waals surface area contributed by atoms with Gasteiger partial charge in [-0.25, -0.2) is 0 Å². The van der Waals surface area contributed by atoms with Crippen molar-refractivity contribution in [2.75, 3.05) is 13.2 Å². The van der Waals surface area contributed by atoms with Crippen molar-refractivity contribution in [3.05, 3.63) is 71.8 Å². The average molecular weight is 497 g/mol. The van der Waals surface area contributed by atoms with E-state index >= 15 is 0 Å². The number of fused-ring (bicyclic) bond motifs is 1. The molecule has 5 rings (SSSR count). The lowest BCUT2D eigenvalue weighted by Crippen LogP contribution is -2.47. The zero-order valence-corrected chi connectivity index (χ0v) is 21.2. The molecule has 0 amide bonds. The number of hydrogen-bond donors (Lipinski definition) is 1. The van der Waals surface area contributed by atoms with Crippen LogP contribution < -0.4 is 0 Å². The minimum atomic E-state index is -0.680. The summed E-state index contributed by atoms with van der Waals surface area (Å²) in [5, 5.41) is 11.5. The van der Waals surface area contributed by atoms with Crippen LogP contribution in [-0.4, -0.2) is 61.0 Å². The molecule has 0 unspecified atom stereocenters. The molecule has 3 heterocycles. The number of benzene rings is 2. The van der Waals surface area contributed by atoms with Gasteiger partial charge in [0.25, 0.3) is 0 Å². The van der Waals surface area contributed by atoms with Gasteiger partial charge in [-0.1, -0.05) is 67.6 Å². The molecule has 2 aromatic rings. The molecule has 0 aliphatic carbocycles. The average Bonchev–Trinajstić information content (AvgIpc) is 3.02. The zero-order valence-electron chi connectivity index (χ0n) is 21.2. The molecule has 1 N–H and O–H groups in total. The van der Waals surface area contributed by atoms with Gasteiger partial charge in [0.1, 0.15) is 6.10 Å². The molecule has 2 aromatic carbocycles. The second-order valence-corrected chi connectivity index (χ2v) is 10.4. The van der Waals surface area contributed by atoms with E-state index in [1.807, 2.05) is 36.4 Å². The van der Waals surface area contributed by atoms with E-state index < -0.39 is 6.10 Å². The molecule has 6 nitrogen and oxygen atoms in total. The van der Waals surface area contributed by atoms with Crippen molar-refractivity contribution >= 4 is 0 Å². The molecule has 0 bridgehead atoms. The van der Waals surface area contributed by atoms with Crippen molar-refractivity contribution in [3.8, 4) is 0 Å². The van der Waals surface area contributed by atoms with E-state index in [2.05, 4.69) is 31.2 Å². The van der Waals surface area contributed by atoms with Crippen molar-refractivity contribution in [1.29, 1.82) is 0 Å². The summed E-state index contributed by atoms with van der Waals surface area (Å²) in [6, 6.07) is 20.4. The van der Waals surface area contributed by atoms with Crippen LogP contribution in [0.3, 0.4) is 0 Å². The second kappa shape index (κ2) is 12.6. The molecule has 36 heavy (non-hydrogen) atoms. The van der Waals surface area contributed by atoms with Crippen molar-refractivity contribution in [3.63, 3.8) is 0 Å². The van der Waals surface area contributed by atoms with Gasteiger partial charge in [0.15, 0.2) is 0 Å². The van der Waals surface area contributed by atoms with E-state index in [0.29, 0.717) is 32.8 Å². The Morgan fingerprint density at radius 2 is 1.44 bits per heavy atom. The van der Waals surface area contributed by atoms with Crippen molar-refractivity contribution in [1.82, 2.24) is 0 Å². The number of ether oxygens (including phenoxy) is 5.